The number of anilines is 1. The molecule has 0 amide bonds. The molecule has 21 heavy (non-hydrogen) atoms. The van der Waals surface area contributed by atoms with Crippen LogP contribution < -0.4 is 4.90 Å². The Balaban J connectivity index is 1.96. The minimum atomic E-state index is -0.452. The Morgan fingerprint density at radius 1 is 1.48 bits per heavy atom. The zero-order valence-electron chi connectivity index (χ0n) is 11.7. The van der Waals surface area contributed by atoms with Gasteiger partial charge in [-0.05, 0) is 42.5 Å². The second kappa shape index (κ2) is 5.46. The van der Waals surface area contributed by atoms with Crippen molar-refractivity contribution in [2.45, 2.75) is 26.0 Å². The normalized spacial score (nSPS) is 17.6. The van der Waals surface area contributed by atoms with Crippen LogP contribution in [-0.2, 0) is 13.0 Å². The molecule has 2 aromatic rings. The quantitative estimate of drug-likeness (QED) is 0.698. The predicted molar refractivity (Wildman–Crippen MR) is 82.8 cm³/mol. The number of fused-ring (bicyclic) bond motifs is 1. The number of aliphatic hydroxyl groups is 1. The molecular formula is C15H16N2O3S. The molecule has 0 radical (unpaired) electrons. The van der Waals surface area contributed by atoms with Gasteiger partial charge in [-0.2, -0.15) is 0 Å². The molecule has 1 aromatic carbocycles. The predicted octanol–water partition coefficient (Wildman–Crippen LogP) is 3.27. The van der Waals surface area contributed by atoms with Crippen LogP contribution in [0.15, 0.2) is 29.6 Å². The highest BCUT2D eigenvalue weighted by Gasteiger charge is 2.26. The van der Waals surface area contributed by atoms with Crippen molar-refractivity contribution in [2.24, 2.45) is 0 Å². The van der Waals surface area contributed by atoms with Gasteiger partial charge in [-0.1, -0.05) is 0 Å². The topological polar surface area (TPSA) is 66.6 Å². The Bertz CT molecular complexity index is 683. The number of nitrogens with zero attached hydrogens (tertiary/aromatic N) is 2. The van der Waals surface area contributed by atoms with E-state index in [9.17, 15) is 15.2 Å². The molecule has 0 spiro atoms. The Kier molecular flexibility index (Phi) is 3.65. The van der Waals surface area contributed by atoms with E-state index >= 15 is 0 Å². The van der Waals surface area contributed by atoms with Crippen LogP contribution in [-0.4, -0.2) is 16.6 Å². The molecule has 1 aromatic heterocycles. The lowest BCUT2D eigenvalue weighted by Gasteiger charge is -2.35. The number of hydrogen-bond acceptors (Lipinski definition) is 5. The highest BCUT2D eigenvalue weighted by molar-refractivity contribution is 7.10. The molecule has 1 N–H and O–H groups in total. The molecular weight excluding hydrogens is 288 g/mol. The van der Waals surface area contributed by atoms with E-state index in [4.69, 9.17) is 0 Å². The van der Waals surface area contributed by atoms with E-state index in [0.717, 1.165) is 18.7 Å². The fraction of sp³-hybridized carbons (Fsp3) is 0.333. The van der Waals surface area contributed by atoms with Gasteiger partial charge >= 0.3 is 0 Å². The number of hydrogen-bond donors (Lipinski definition) is 1. The monoisotopic (exact) mass is 304 g/mol. The fourth-order valence-corrected chi connectivity index (χ4v) is 3.88. The number of aliphatic hydroxyl groups excluding tert-OH is 1. The van der Waals surface area contributed by atoms with Crippen LogP contribution in [0.2, 0.25) is 0 Å². The third-order valence-electron chi connectivity index (χ3n) is 4.04. The summed E-state index contributed by atoms with van der Waals surface area (Å²) in [5.41, 5.74) is 2.59. The van der Waals surface area contributed by atoms with Gasteiger partial charge in [-0.15, -0.1) is 11.3 Å². The smallest absolute Gasteiger partial charge is 0.275 e. The number of nitro groups is 1. The number of nitro benzene ring substituents is 1. The zero-order valence-corrected chi connectivity index (χ0v) is 12.5. The maximum Gasteiger partial charge on any atom is 0.275 e. The summed E-state index contributed by atoms with van der Waals surface area (Å²) in [5, 5.41) is 22.4. The van der Waals surface area contributed by atoms with Crippen molar-refractivity contribution in [3.63, 3.8) is 0 Å². The summed E-state index contributed by atoms with van der Waals surface area (Å²) in [6.07, 6.45) is 0.989. The van der Waals surface area contributed by atoms with E-state index in [1.54, 1.807) is 23.5 Å². The first-order valence-electron chi connectivity index (χ1n) is 6.83. The minimum Gasteiger partial charge on any atom is -0.391 e. The van der Waals surface area contributed by atoms with Gasteiger partial charge in [-0.25, -0.2) is 0 Å². The average Bonchev–Trinajstić information content (AvgIpc) is 2.96. The molecule has 3 rings (SSSR count). The van der Waals surface area contributed by atoms with Crippen LogP contribution >= 0.6 is 11.3 Å². The molecule has 2 heterocycles. The SMILES string of the molecule is CC1c2ccsc2CCN1c1ccc([N+](=O)[O-])c(CO)c1. The standard InChI is InChI=1S/C15H16N2O3S/c1-10-13-5-7-21-15(13)4-6-16(10)12-2-3-14(17(19)20)11(8-12)9-18/h2-3,5,7-8,10,18H,4,6,9H2,1H3. The van der Waals surface area contributed by atoms with Crippen molar-refractivity contribution in [1.29, 1.82) is 0 Å². The van der Waals surface area contributed by atoms with E-state index < -0.39 is 4.92 Å². The summed E-state index contributed by atoms with van der Waals surface area (Å²) < 4.78 is 0. The third-order valence-corrected chi connectivity index (χ3v) is 5.04. The number of thiophene rings is 1. The third kappa shape index (κ3) is 2.41. The lowest BCUT2D eigenvalue weighted by Crippen LogP contribution is -2.33. The molecule has 5 nitrogen and oxygen atoms in total. The second-order valence-corrected chi connectivity index (χ2v) is 6.15. The molecule has 0 saturated carbocycles. The Hall–Kier alpha value is -1.92. The number of rotatable bonds is 3. The number of benzene rings is 1. The zero-order chi connectivity index (χ0) is 15.0. The second-order valence-electron chi connectivity index (χ2n) is 5.15. The van der Waals surface area contributed by atoms with Gasteiger partial charge in [0.15, 0.2) is 0 Å². The Labute approximate surface area is 126 Å². The van der Waals surface area contributed by atoms with Crippen LogP contribution in [0.5, 0.6) is 0 Å². The van der Waals surface area contributed by atoms with Gasteiger partial charge in [-0.3, -0.25) is 10.1 Å². The molecule has 0 saturated heterocycles. The van der Waals surface area contributed by atoms with Crippen molar-refractivity contribution in [3.05, 3.63) is 55.8 Å². The minimum absolute atomic E-state index is 0.0258. The summed E-state index contributed by atoms with van der Waals surface area (Å²) >= 11 is 1.78. The molecule has 1 atom stereocenters. The maximum atomic E-state index is 10.9. The summed E-state index contributed by atoms with van der Waals surface area (Å²) in [5.74, 6) is 0. The van der Waals surface area contributed by atoms with Gasteiger partial charge in [0.2, 0.25) is 0 Å². The first-order chi connectivity index (χ1) is 10.1. The molecule has 0 fully saturated rings. The van der Waals surface area contributed by atoms with E-state index in [-0.39, 0.29) is 18.3 Å². The first kappa shape index (κ1) is 14.0. The lowest BCUT2D eigenvalue weighted by atomic mass is 10.00. The molecule has 110 valence electrons. The Morgan fingerprint density at radius 3 is 3.00 bits per heavy atom. The van der Waals surface area contributed by atoms with Crippen molar-refractivity contribution >= 4 is 22.7 Å². The van der Waals surface area contributed by atoms with Gasteiger partial charge < -0.3 is 10.0 Å². The van der Waals surface area contributed by atoms with Gasteiger partial charge in [0.1, 0.15) is 0 Å². The highest BCUT2D eigenvalue weighted by atomic mass is 32.1. The van der Waals surface area contributed by atoms with Gasteiger partial charge in [0, 0.05) is 23.2 Å². The van der Waals surface area contributed by atoms with Crippen molar-refractivity contribution < 1.29 is 10.0 Å². The van der Waals surface area contributed by atoms with Crippen molar-refractivity contribution in [3.8, 4) is 0 Å². The van der Waals surface area contributed by atoms with Crippen LogP contribution in [0.25, 0.3) is 0 Å². The largest absolute Gasteiger partial charge is 0.391 e. The van der Waals surface area contributed by atoms with Crippen molar-refractivity contribution in [1.82, 2.24) is 0 Å². The first-order valence-corrected chi connectivity index (χ1v) is 7.71. The van der Waals surface area contributed by atoms with E-state index in [1.807, 2.05) is 0 Å². The molecule has 1 aliphatic heterocycles. The summed E-state index contributed by atoms with van der Waals surface area (Å²) in [4.78, 5) is 14.1. The van der Waals surface area contributed by atoms with Crippen LogP contribution in [0.1, 0.15) is 29.0 Å². The van der Waals surface area contributed by atoms with Crippen LogP contribution in [0.3, 0.4) is 0 Å². The molecule has 0 bridgehead atoms. The summed E-state index contributed by atoms with van der Waals surface area (Å²) in [6, 6.07) is 7.37. The maximum absolute atomic E-state index is 10.9. The molecule has 6 heteroatoms. The van der Waals surface area contributed by atoms with Gasteiger partial charge in [0.05, 0.1) is 23.1 Å². The molecule has 1 aliphatic rings. The summed E-state index contributed by atoms with van der Waals surface area (Å²) in [6.45, 7) is 2.71. The highest BCUT2D eigenvalue weighted by Crippen LogP contribution is 2.37. The van der Waals surface area contributed by atoms with E-state index in [1.165, 1.54) is 16.5 Å². The molecule has 1 unspecified atom stereocenters. The van der Waals surface area contributed by atoms with Crippen molar-refractivity contribution in [2.75, 3.05) is 11.4 Å². The van der Waals surface area contributed by atoms with E-state index in [0.29, 0.717) is 5.56 Å². The lowest BCUT2D eigenvalue weighted by molar-refractivity contribution is -0.385. The molecule has 0 aliphatic carbocycles. The van der Waals surface area contributed by atoms with Gasteiger partial charge in [0.25, 0.3) is 5.69 Å². The fourth-order valence-electron chi connectivity index (χ4n) is 2.92. The average molecular weight is 304 g/mol. The summed E-state index contributed by atoms with van der Waals surface area (Å²) in [7, 11) is 0. The van der Waals surface area contributed by atoms with Crippen LogP contribution in [0.4, 0.5) is 11.4 Å². The van der Waals surface area contributed by atoms with E-state index in [2.05, 4.69) is 23.3 Å². The van der Waals surface area contributed by atoms with Crippen LogP contribution in [0, 0.1) is 10.1 Å². The Morgan fingerprint density at radius 2 is 2.29 bits per heavy atom.